The van der Waals surface area contributed by atoms with Crippen LogP contribution in [0.4, 0.5) is 13.2 Å². The predicted molar refractivity (Wildman–Crippen MR) is 70.7 cm³/mol. The van der Waals surface area contributed by atoms with Crippen molar-refractivity contribution in [2.24, 2.45) is 5.92 Å². The minimum absolute atomic E-state index is 0.0389. The molecule has 2 atom stereocenters. The van der Waals surface area contributed by atoms with E-state index >= 15 is 0 Å². The number of rotatable bonds is 2. The van der Waals surface area contributed by atoms with Crippen molar-refractivity contribution in [3.8, 4) is 0 Å². The molecule has 6 heteroatoms. The summed E-state index contributed by atoms with van der Waals surface area (Å²) in [6.07, 6.45) is -3.00. The van der Waals surface area contributed by atoms with Gasteiger partial charge in [0.15, 0.2) is 0 Å². The first-order valence-electron chi connectivity index (χ1n) is 6.49. The van der Waals surface area contributed by atoms with Crippen LogP contribution in [-0.2, 0) is 0 Å². The van der Waals surface area contributed by atoms with E-state index in [2.05, 4.69) is 5.32 Å². The van der Waals surface area contributed by atoms with Gasteiger partial charge < -0.3 is 5.32 Å². The smallest absolute Gasteiger partial charge is 0.349 e. The Morgan fingerprint density at radius 3 is 2.45 bits per heavy atom. The second kappa shape index (κ2) is 6.04. The van der Waals surface area contributed by atoms with Crippen LogP contribution in [0, 0.1) is 5.92 Å². The van der Waals surface area contributed by atoms with Gasteiger partial charge in [0.1, 0.15) is 0 Å². The summed E-state index contributed by atoms with van der Waals surface area (Å²) in [7, 11) is 0. The molecule has 2 rings (SSSR count). The van der Waals surface area contributed by atoms with Gasteiger partial charge in [0, 0.05) is 16.6 Å². The molecule has 1 amide bonds. The Bertz CT molecular complexity index is 472. The largest absolute Gasteiger partial charge is 0.391 e. The first-order valence-corrected chi connectivity index (χ1v) is 6.87. The van der Waals surface area contributed by atoms with Crippen molar-refractivity contribution < 1.29 is 18.0 Å². The zero-order valence-electron chi connectivity index (χ0n) is 10.7. The van der Waals surface area contributed by atoms with Gasteiger partial charge in [-0.15, -0.1) is 0 Å². The number of nitrogens with one attached hydrogen (secondary N) is 1. The lowest BCUT2D eigenvalue weighted by Gasteiger charge is -2.31. The van der Waals surface area contributed by atoms with Crippen molar-refractivity contribution in [3.05, 3.63) is 34.9 Å². The second-order valence-corrected chi connectivity index (χ2v) is 5.52. The van der Waals surface area contributed by atoms with Crippen LogP contribution in [-0.4, -0.2) is 18.1 Å². The molecule has 0 aromatic heterocycles. The van der Waals surface area contributed by atoms with Gasteiger partial charge in [0.25, 0.3) is 5.91 Å². The summed E-state index contributed by atoms with van der Waals surface area (Å²) >= 11 is 5.72. The average Bonchev–Trinajstić information content (AvgIpc) is 2.38. The van der Waals surface area contributed by atoms with Gasteiger partial charge in [-0.25, -0.2) is 0 Å². The summed E-state index contributed by atoms with van der Waals surface area (Å²) in [6.45, 7) is 0. The topological polar surface area (TPSA) is 29.1 Å². The van der Waals surface area contributed by atoms with E-state index in [-0.39, 0.29) is 18.7 Å². The van der Waals surface area contributed by atoms with E-state index in [1.165, 1.54) is 0 Å². The van der Waals surface area contributed by atoms with Crippen molar-refractivity contribution >= 4 is 17.5 Å². The molecule has 0 spiro atoms. The van der Waals surface area contributed by atoms with E-state index in [0.29, 0.717) is 23.4 Å². The Labute approximate surface area is 120 Å². The average molecular weight is 306 g/mol. The van der Waals surface area contributed by atoms with Crippen molar-refractivity contribution in [1.29, 1.82) is 0 Å². The van der Waals surface area contributed by atoms with Crippen LogP contribution in [0.25, 0.3) is 0 Å². The maximum absolute atomic E-state index is 12.7. The maximum Gasteiger partial charge on any atom is 0.391 e. The van der Waals surface area contributed by atoms with E-state index in [9.17, 15) is 18.0 Å². The lowest BCUT2D eigenvalue weighted by molar-refractivity contribution is -0.183. The highest BCUT2D eigenvalue weighted by molar-refractivity contribution is 6.30. The Balaban J connectivity index is 1.96. The molecule has 110 valence electrons. The molecule has 0 aliphatic heterocycles. The van der Waals surface area contributed by atoms with Crippen LogP contribution in [0.2, 0.25) is 5.02 Å². The van der Waals surface area contributed by atoms with Crippen LogP contribution in [0.5, 0.6) is 0 Å². The molecule has 0 heterocycles. The van der Waals surface area contributed by atoms with Crippen LogP contribution < -0.4 is 5.32 Å². The molecule has 1 aromatic rings. The third-order valence-corrected chi connectivity index (χ3v) is 3.83. The first-order chi connectivity index (χ1) is 9.36. The van der Waals surface area contributed by atoms with Gasteiger partial charge in [-0.05, 0) is 43.5 Å². The van der Waals surface area contributed by atoms with Crippen LogP contribution >= 0.6 is 11.6 Å². The fourth-order valence-electron chi connectivity index (χ4n) is 2.49. The van der Waals surface area contributed by atoms with Crippen LogP contribution in [0.15, 0.2) is 24.3 Å². The lowest BCUT2D eigenvalue weighted by atomic mass is 9.85. The normalized spacial score (nSPS) is 23.4. The van der Waals surface area contributed by atoms with Crippen molar-refractivity contribution in [2.75, 3.05) is 0 Å². The minimum atomic E-state index is -4.18. The van der Waals surface area contributed by atoms with E-state index in [0.717, 1.165) is 0 Å². The molecule has 1 aliphatic carbocycles. The molecule has 1 aliphatic rings. The zero-order valence-corrected chi connectivity index (χ0v) is 11.5. The van der Waals surface area contributed by atoms with Gasteiger partial charge in [0.2, 0.25) is 0 Å². The standard InChI is InChI=1S/C14H15ClF3NO/c15-11-6-4-9(5-7-11)13(20)19-12-3-1-2-10(8-12)14(16,17)18/h4-7,10,12H,1-3,8H2,(H,19,20)/t10-,12+/m1/s1. The second-order valence-electron chi connectivity index (χ2n) is 5.08. The van der Waals surface area contributed by atoms with Gasteiger partial charge in [-0.3, -0.25) is 4.79 Å². The molecular formula is C14H15ClF3NO. The Morgan fingerprint density at radius 2 is 1.85 bits per heavy atom. The Hall–Kier alpha value is -1.23. The molecule has 0 bridgehead atoms. The number of benzene rings is 1. The van der Waals surface area contributed by atoms with Gasteiger partial charge in [0.05, 0.1) is 5.92 Å². The molecule has 1 saturated carbocycles. The molecule has 1 fully saturated rings. The number of halogens is 4. The summed E-state index contributed by atoms with van der Waals surface area (Å²) in [4.78, 5) is 11.9. The molecule has 20 heavy (non-hydrogen) atoms. The fourth-order valence-corrected chi connectivity index (χ4v) is 2.61. The summed E-state index contributed by atoms with van der Waals surface area (Å²) in [5.41, 5.74) is 0.406. The van der Waals surface area contributed by atoms with Gasteiger partial charge in [-0.1, -0.05) is 18.0 Å². The van der Waals surface area contributed by atoms with Crippen LogP contribution in [0.3, 0.4) is 0 Å². The van der Waals surface area contributed by atoms with Crippen LogP contribution in [0.1, 0.15) is 36.0 Å². The summed E-state index contributed by atoms with van der Waals surface area (Å²) in [5, 5.41) is 3.19. The van der Waals surface area contributed by atoms with Crippen molar-refractivity contribution in [3.63, 3.8) is 0 Å². The third kappa shape index (κ3) is 3.88. The van der Waals surface area contributed by atoms with Crippen molar-refractivity contribution in [2.45, 2.75) is 37.9 Å². The van der Waals surface area contributed by atoms with E-state index in [1.54, 1.807) is 24.3 Å². The Kier molecular flexibility index (Phi) is 4.58. The minimum Gasteiger partial charge on any atom is -0.349 e. The number of hydrogen-bond donors (Lipinski definition) is 1. The van der Waals surface area contributed by atoms with E-state index < -0.39 is 18.1 Å². The Morgan fingerprint density at radius 1 is 1.20 bits per heavy atom. The number of carbonyl (C=O) groups is 1. The number of carbonyl (C=O) groups excluding carboxylic acids is 1. The van der Waals surface area contributed by atoms with E-state index in [4.69, 9.17) is 11.6 Å². The highest BCUT2D eigenvalue weighted by atomic mass is 35.5. The molecular weight excluding hydrogens is 291 g/mol. The summed E-state index contributed by atoms with van der Waals surface area (Å²) in [5.74, 6) is -1.67. The van der Waals surface area contributed by atoms with E-state index in [1.807, 2.05) is 0 Å². The van der Waals surface area contributed by atoms with Crippen molar-refractivity contribution in [1.82, 2.24) is 5.32 Å². The van der Waals surface area contributed by atoms with Gasteiger partial charge in [-0.2, -0.15) is 13.2 Å². The predicted octanol–water partition coefficient (Wildman–Crippen LogP) is 4.19. The maximum atomic E-state index is 12.7. The molecule has 1 aromatic carbocycles. The summed E-state index contributed by atoms with van der Waals surface area (Å²) < 4.78 is 38.1. The highest BCUT2D eigenvalue weighted by Crippen LogP contribution is 2.37. The lowest BCUT2D eigenvalue weighted by Crippen LogP contribution is -2.41. The number of hydrogen-bond acceptors (Lipinski definition) is 1. The number of alkyl halides is 3. The molecule has 2 nitrogen and oxygen atoms in total. The fraction of sp³-hybridized carbons (Fsp3) is 0.500. The molecule has 0 saturated heterocycles. The first kappa shape index (κ1) is 15.2. The quantitative estimate of drug-likeness (QED) is 0.872. The third-order valence-electron chi connectivity index (χ3n) is 3.58. The molecule has 0 unspecified atom stereocenters. The zero-order chi connectivity index (χ0) is 14.8. The number of amides is 1. The SMILES string of the molecule is O=C(N[C@H]1CCC[C@@H](C(F)(F)F)C1)c1ccc(Cl)cc1. The molecule has 0 radical (unpaired) electrons. The van der Waals surface area contributed by atoms with Gasteiger partial charge >= 0.3 is 6.18 Å². The highest BCUT2D eigenvalue weighted by Gasteiger charge is 2.42. The molecule has 1 N–H and O–H groups in total. The summed E-state index contributed by atoms with van der Waals surface area (Å²) in [6, 6.07) is 5.85. The monoisotopic (exact) mass is 305 g/mol.